The highest BCUT2D eigenvalue weighted by Gasteiger charge is 2.07. The molecule has 0 unspecified atom stereocenters. The summed E-state index contributed by atoms with van der Waals surface area (Å²) in [7, 11) is 0. The smallest absolute Gasteiger partial charge is 0.230 e. The number of nitrogens with zero attached hydrogens (tertiary/aromatic N) is 2. The van der Waals surface area contributed by atoms with Gasteiger partial charge in [-0.1, -0.05) is 48.2 Å². The Bertz CT molecular complexity index is 797. The van der Waals surface area contributed by atoms with Gasteiger partial charge in [0.2, 0.25) is 11.1 Å². The molecule has 0 saturated carbocycles. The standard InChI is InChI=1S/C17H16N4O2S/c22-16(18-11-14-7-4-10-23-14)12-24-17-19-15(20-21-17)9-8-13-5-2-1-3-6-13/h1-10H,11-12H2,(H,18,22)(H,19,20,21). The summed E-state index contributed by atoms with van der Waals surface area (Å²) >= 11 is 1.28. The summed E-state index contributed by atoms with van der Waals surface area (Å²) in [6.07, 6.45) is 5.38. The normalized spacial score (nSPS) is 11.0. The molecule has 24 heavy (non-hydrogen) atoms. The number of amides is 1. The number of aromatic amines is 1. The third-order valence-corrected chi connectivity index (χ3v) is 3.93. The lowest BCUT2D eigenvalue weighted by Crippen LogP contribution is -2.24. The first-order valence-electron chi connectivity index (χ1n) is 7.37. The van der Waals surface area contributed by atoms with Crippen molar-refractivity contribution in [2.75, 3.05) is 5.75 Å². The van der Waals surface area contributed by atoms with E-state index < -0.39 is 0 Å². The van der Waals surface area contributed by atoms with E-state index in [1.54, 1.807) is 12.3 Å². The van der Waals surface area contributed by atoms with Crippen molar-refractivity contribution in [1.82, 2.24) is 20.5 Å². The van der Waals surface area contributed by atoms with Gasteiger partial charge in [0, 0.05) is 0 Å². The van der Waals surface area contributed by atoms with Gasteiger partial charge in [-0.15, -0.1) is 5.10 Å². The third kappa shape index (κ3) is 4.85. The average molecular weight is 340 g/mol. The Morgan fingerprint density at radius 2 is 2.08 bits per heavy atom. The van der Waals surface area contributed by atoms with Crippen LogP contribution in [0.25, 0.3) is 12.2 Å². The molecule has 0 aliphatic rings. The van der Waals surface area contributed by atoms with Gasteiger partial charge in [0.25, 0.3) is 0 Å². The summed E-state index contributed by atoms with van der Waals surface area (Å²) in [6.45, 7) is 0.380. The zero-order chi connectivity index (χ0) is 16.6. The predicted molar refractivity (Wildman–Crippen MR) is 93.0 cm³/mol. The first-order chi connectivity index (χ1) is 11.8. The fraction of sp³-hybridized carbons (Fsp3) is 0.118. The maximum absolute atomic E-state index is 11.8. The number of H-pyrrole nitrogens is 1. The topological polar surface area (TPSA) is 83.8 Å². The average Bonchev–Trinajstić information content (AvgIpc) is 3.29. The number of furan rings is 1. The molecule has 0 radical (unpaired) electrons. The number of hydrogen-bond acceptors (Lipinski definition) is 5. The minimum Gasteiger partial charge on any atom is -0.467 e. The van der Waals surface area contributed by atoms with E-state index >= 15 is 0 Å². The quantitative estimate of drug-likeness (QED) is 0.646. The van der Waals surface area contributed by atoms with E-state index in [4.69, 9.17) is 4.42 Å². The van der Waals surface area contributed by atoms with E-state index in [2.05, 4.69) is 20.5 Å². The lowest BCUT2D eigenvalue weighted by atomic mass is 10.2. The van der Waals surface area contributed by atoms with Crippen molar-refractivity contribution >= 4 is 29.8 Å². The molecule has 1 amide bonds. The fourth-order valence-electron chi connectivity index (χ4n) is 1.92. The van der Waals surface area contributed by atoms with Gasteiger partial charge in [-0.2, -0.15) is 0 Å². The van der Waals surface area contributed by atoms with Crippen molar-refractivity contribution in [3.8, 4) is 0 Å². The summed E-state index contributed by atoms with van der Waals surface area (Å²) in [5.74, 6) is 1.53. The molecule has 0 aliphatic carbocycles. The zero-order valence-electron chi connectivity index (χ0n) is 12.8. The summed E-state index contributed by atoms with van der Waals surface area (Å²) in [5, 5.41) is 10.2. The lowest BCUT2D eigenvalue weighted by Gasteiger charge is -2.01. The second kappa shape index (κ2) is 8.16. The minimum atomic E-state index is -0.0948. The van der Waals surface area contributed by atoms with Crippen molar-refractivity contribution in [3.05, 3.63) is 65.9 Å². The number of rotatable bonds is 7. The predicted octanol–water partition coefficient (Wildman–Crippen LogP) is 2.98. The second-order valence-electron chi connectivity index (χ2n) is 4.89. The van der Waals surface area contributed by atoms with Gasteiger partial charge in [0.1, 0.15) is 11.6 Å². The van der Waals surface area contributed by atoms with Gasteiger partial charge >= 0.3 is 0 Å². The second-order valence-corrected chi connectivity index (χ2v) is 5.83. The highest BCUT2D eigenvalue weighted by atomic mass is 32.2. The van der Waals surface area contributed by atoms with Crippen LogP contribution in [0.2, 0.25) is 0 Å². The number of carbonyl (C=O) groups excluding carboxylic acids is 1. The van der Waals surface area contributed by atoms with E-state index in [9.17, 15) is 4.79 Å². The van der Waals surface area contributed by atoms with Gasteiger partial charge in [-0.3, -0.25) is 9.89 Å². The molecule has 2 aromatic heterocycles. The van der Waals surface area contributed by atoms with Crippen LogP contribution >= 0.6 is 11.8 Å². The molecule has 3 rings (SSSR count). The molecule has 2 heterocycles. The summed E-state index contributed by atoms with van der Waals surface area (Å²) in [6, 6.07) is 13.5. The Balaban J connectivity index is 1.45. The molecule has 0 saturated heterocycles. The molecular weight excluding hydrogens is 324 g/mol. The van der Waals surface area contributed by atoms with Crippen LogP contribution in [0.5, 0.6) is 0 Å². The Hall–Kier alpha value is -2.80. The number of aromatic nitrogens is 3. The summed E-state index contributed by atoms with van der Waals surface area (Å²) in [4.78, 5) is 16.1. The van der Waals surface area contributed by atoms with Gasteiger partial charge in [-0.05, 0) is 23.8 Å². The Morgan fingerprint density at radius 1 is 1.21 bits per heavy atom. The van der Waals surface area contributed by atoms with E-state index in [1.165, 1.54) is 11.8 Å². The van der Waals surface area contributed by atoms with Gasteiger partial charge in [0.05, 0.1) is 18.6 Å². The first kappa shape index (κ1) is 16.1. The number of thioether (sulfide) groups is 1. The fourth-order valence-corrected chi connectivity index (χ4v) is 2.55. The monoisotopic (exact) mass is 340 g/mol. The minimum absolute atomic E-state index is 0.0948. The highest BCUT2D eigenvalue weighted by molar-refractivity contribution is 7.99. The maximum Gasteiger partial charge on any atom is 0.230 e. The maximum atomic E-state index is 11.8. The SMILES string of the molecule is O=C(CSc1n[nH]c(C=Cc2ccccc2)n1)NCc1ccco1. The molecule has 0 fully saturated rings. The number of hydrogen-bond donors (Lipinski definition) is 2. The molecule has 122 valence electrons. The molecule has 3 aromatic rings. The van der Waals surface area contributed by atoms with E-state index in [-0.39, 0.29) is 11.7 Å². The van der Waals surface area contributed by atoms with Crippen LogP contribution in [0.15, 0.2) is 58.3 Å². The molecule has 6 nitrogen and oxygen atoms in total. The zero-order valence-corrected chi connectivity index (χ0v) is 13.6. The lowest BCUT2D eigenvalue weighted by molar-refractivity contribution is -0.118. The summed E-state index contributed by atoms with van der Waals surface area (Å²) in [5.41, 5.74) is 1.08. The third-order valence-electron chi connectivity index (χ3n) is 3.09. The molecule has 0 bridgehead atoms. The Kier molecular flexibility index (Phi) is 5.47. The highest BCUT2D eigenvalue weighted by Crippen LogP contribution is 2.13. The molecule has 1 aromatic carbocycles. The molecule has 2 N–H and O–H groups in total. The van der Waals surface area contributed by atoms with Gasteiger partial charge in [-0.25, -0.2) is 4.98 Å². The molecule has 0 aliphatic heterocycles. The number of carbonyl (C=O) groups is 1. The van der Waals surface area contributed by atoms with Crippen molar-refractivity contribution in [2.45, 2.75) is 11.7 Å². The van der Waals surface area contributed by atoms with Crippen molar-refractivity contribution in [3.63, 3.8) is 0 Å². The van der Waals surface area contributed by atoms with E-state index in [0.29, 0.717) is 17.5 Å². The van der Waals surface area contributed by atoms with Crippen LogP contribution in [-0.4, -0.2) is 26.8 Å². The Labute approximate surface area is 143 Å². The molecule has 0 spiro atoms. The number of benzene rings is 1. The van der Waals surface area contributed by atoms with E-state index in [0.717, 1.165) is 11.3 Å². The molecule has 7 heteroatoms. The van der Waals surface area contributed by atoms with Crippen molar-refractivity contribution in [1.29, 1.82) is 0 Å². The van der Waals surface area contributed by atoms with Crippen LogP contribution in [0, 0.1) is 0 Å². The largest absolute Gasteiger partial charge is 0.467 e. The molecular formula is C17H16N4O2S. The van der Waals surface area contributed by atoms with Gasteiger partial charge < -0.3 is 9.73 Å². The van der Waals surface area contributed by atoms with Gasteiger partial charge in [0.15, 0.2) is 0 Å². The van der Waals surface area contributed by atoms with E-state index in [1.807, 2.05) is 48.6 Å². The van der Waals surface area contributed by atoms with Crippen LogP contribution in [0.3, 0.4) is 0 Å². The van der Waals surface area contributed by atoms with Crippen molar-refractivity contribution in [2.24, 2.45) is 0 Å². The summed E-state index contributed by atoms with van der Waals surface area (Å²) < 4.78 is 5.15. The van der Waals surface area contributed by atoms with Crippen LogP contribution < -0.4 is 5.32 Å². The number of nitrogens with one attached hydrogen (secondary N) is 2. The van der Waals surface area contributed by atoms with Crippen molar-refractivity contribution < 1.29 is 9.21 Å². The molecule has 0 atom stereocenters. The first-order valence-corrected chi connectivity index (χ1v) is 8.35. The van der Waals surface area contributed by atoms with Crippen LogP contribution in [-0.2, 0) is 11.3 Å². The Morgan fingerprint density at radius 3 is 2.88 bits per heavy atom. The van der Waals surface area contributed by atoms with Crippen LogP contribution in [0.4, 0.5) is 0 Å². The van der Waals surface area contributed by atoms with Crippen LogP contribution in [0.1, 0.15) is 17.1 Å².